The van der Waals surface area contributed by atoms with Crippen LogP contribution in [0.5, 0.6) is 0 Å². The Bertz CT molecular complexity index is 344. The van der Waals surface area contributed by atoms with Gasteiger partial charge < -0.3 is 10.4 Å². The molecule has 1 aliphatic rings. The second-order valence-corrected chi connectivity index (χ2v) is 5.68. The molecule has 0 unspecified atom stereocenters. The summed E-state index contributed by atoms with van der Waals surface area (Å²) in [6.45, 7) is 4.99. The van der Waals surface area contributed by atoms with Crippen molar-refractivity contribution >= 4 is 0 Å². The summed E-state index contributed by atoms with van der Waals surface area (Å²) in [6, 6.07) is 2.54. The first kappa shape index (κ1) is 13.6. The fraction of sp³-hybridized carbons (Fsp3) is 0.786. The highest BCUT2D eigenvalue weighted by atomic mass is 16.3. The standard InChI is InChI=1S/C14H25N3O/c1-12(13(2)17-10-6-9-16-17)15-11-14(18)7-4-3-5-8-14/h6,9-10,12-13,15,18H,3-5,7-8,11H2,1-2H3/t12-,13+/m1/s1. The second kappa shape index (κ2) is 5.85. The van der Waals surface area contributed by atoms with Crippen LogP contribution in [0.3, 0.4) is 0 Å². The van der Waals surface area contributed by atoms with Crippen LogP contribution in [0.25, 0.3) is 0 Å². The van der Waals surface area contributed by atoms with E-state index in [9.17, 15) is 5.11 Å². The molecule has 102 valence electrons. The Balaban J connectivity index is 1.82. The van der Waals surface area contributed by atoms with Crippen LogP contribution in [-0.4, -0.2) is 33.1 Å². The Hall–Kier alpha value is -0.870. The van der Waals surface area contributed by atoms with Crippen LogP contribution in [-0.2, 0) is 0 Å². The Morgan fingerprint density at radius 3 is 2.67 bits per heavy atom. The first-order valence-corrected chi connectivity index (χ1v) is 7.06. The van der Waals surface area contributed by atoms with Crippen molar-refractivity contribution < 1.29 is 5.11 Å². The van der Waals surface area contributed by atoms with Crippen LogP contribution < -0.4 is 5.32 Å². The van der Waals surface area contributed by atoms with Crippen LogP contribution in [0.1, 0.15) is 52.0 Å². The minimum Gasteiger partial charge on any atom is -0.389 e. The molecule has 1 fully saturated rings. The van der Waals surface area contributed by atoms with Gasteiger partial charge in [0.2, 0.25) is 0 Å². The van der Waals surface area contributed by atoms with Gasteiger partial charge in [0.15, 0.2) is 0 Å². The topological polar surface area (TPSA) is 50.1 Å². The van der Waals surface area contributed by atoms with Gasteiger partial charge in [0, 0.05) is 25.0 Å². The van der Waals surface area contributed by atoms with E-state index in [-0.39, 0.29) is 0 Å². The van der Waals surface area contributed by atoms with Gasteiger partial charge in [-0.15, -0.1) is 0 Å². The van der Waals surface area contributed by atoms with E-state index in [0.717, 1.165) is 25.7 Å². The molecule has 0 bridgehead atoms. The van der Waals surface area contributed by atoms with Crippen molar-refractivity contribution in [3.63, 3.8) is 0 Å². The van der Waals surface area contributed by atoms with E-state index < -0.39 is 5.60 Å². The van der Waals surface area contributed by atoms with Crippen molar-refractivity contribution in [1.82, 2.24) is 15.1 Å². The lowest BCUT2D eigenvalue weighted by Gasteiger charge is -2.34. The molecule has 4 heteroatoms. The highest BCUT2D eigenvalue weighted by Crippen LogP contribution is 2.27. The van der Waals surface area contributed by atoms with Crippen LogP contribution in [0.2, 0.25) is 0 Å². The predicted octanol–water partition coefficient (Wildman–Crippen LogP) is 2.12. The quantitative estimate of drug-likeness (QED) is 0.842. The van der Waals surface area contributed by atoms with Crippen LogP contribution >= 0.6 is 0 Å². The number of rotatable bonds is 5. The molecule has 4 nitrogen and oxygen atoms in total. The monoisotopic (exact) mass is 251 g/mol. The molecule has 1 aromatic rings. The number of nitrogens with zero attached hydrogens (tertiary/aromatic N) is 2. The van der Waals surface area contributed by atoms with Crippen molar-refractivity contribution in [3.8, 4) is 0 Å². The molecule has 0 saturated heterocycles. The van der Waals surface area contributed by atoms with E-state index in [0.29, 0.717) is 18.6 Å². The van der Waals surface area contributed by atoms with Crippen molar-refractivity contribution in [2.75, 3.05) is 6.54 Å². The van der Waals surface area contributed by atoms with Gasteiger partial charge >= 0.3 is 0 Å². The molecule has 2 atom stereocenters. The largest absolute Gasteiger partial charge is 0.389 e. The molecule has 2 rings (SSSR count). The van der Waals surface area contributed by atoms with E-state index in [1.807, 2.05) is 16.9 Å². The summed E-state index contributed by atoms with van der Waals surface area (Å²) >= 11 is 0. The molecule has 2 N–H and O–H groups in total. The lowest BCUT2D eigenvalue weighted by atomic mass is 9.84. The minimum atomic E-state index is -0.490. The third kappa shape index (κ3) is 3.33. The van der Waals surface area contributed by atoms with Crippen molar-refractivity contribution in [3.05, 3.63) is 18.5 Å². The lowest BCUT2D eigenvalue weighted by molar-refractivity contribution is 0.00181. The highest BCUT2D eigenvalue weighted by Gasteiger charge is 2.29. The summed E-state index contributed by atoms with van der Waals surface area (Å²) in [6.07, 6.45) is 9.23. The van der Waals surface area contributed by atoms with Gasteiger partial charge in [-0.1, -0.05) is 19.3 Å². The zero-order chi connectivity index (χ0) is 13.0. The zero-order valence-electron chi connectivity index (χ0n) is 11.5. The van der Waals surface area contributed by atoms with Gasteiger partial charge in [-0.25, -0.2) is 0 Å². The molecular formula is C14H25N3O. The first-order chi connectivity index (χ1) is 8.61. The van der Waals surface area contributed by atoms with Crippen LogP contribution in [0.15, 0.2) is 18.5 Å². The average Bonchev–Trinajstić information content (AvgIpc) is 2.90. The maximum Gasteiger partial charge on any atom is 0.0771 e. The maximum absolute atomic E-state index is 10.4. The molecule has 0 amide bonds. The molecule has 1 aliphatic carbocycles. The van der Waals surface area contributed by atoms with Crippen molar-refractivity contribution in [2.24, 2.45) is 0 Å². The normalized spacial score (nSPS) is 22.6. The fourth-order valence-corrected chi connectivity index (χ4v) is 2.66. The summed E-state index contributed by atoms with van der Waals surface area (Å²) < 4.78 is 1.96. The number of aromatic nitrogens is 2. The molecule has 0 radical (unpaired) electrons. The van der Waals surface area contributed by atoms with Gasteiger partial charge in [0.05, 0.1) is 11.6 Å². The fourth-order valence-electron chi connectivity index (χ4n) is 2.66. The third-order valence-corrected chi connectivity index (χ3v) is 4.20. The van der Waals surface area contributed by atoms with E-state index >= 15 is 0 Å². The number of hydrogen-bond acceptors (Lipinski definition) is 3. The van der Waals surface area contributed by atoms with Gasteiger partial charge in [0.1, 0.15) is 0 Å². The highest BCUT2D eigenvalue weighted by molar-refractivity contribution is 4.88. The van der Waals surface area contributed by atoms with Gasteiger partial charge in [-0.2, -0.15) is 5.10 Å². The summed E-state index contributed by atoms with van der Waals surface area (Å²) in [7, 11) is 0. The van der Waals surface area contributed by atoms with Gasteiger partial charge in [0.25, 0.3) is 0 Å². The first-order valence-electron chi connectivity index (χ1n) is 7.06. The summed E-state index contributed by atoms with van der Waals surface area (Å²) in [5.74, 6) is 0. The van der Waals surface area contributed by atoms with E-state index in [1.54, 1.807) is 6.20 Å². The number of nitrogens with one attached hydrogen (secondary N) is 1. The SMILES string of the molecule is C[C@@H](NCC1(O)CCCCC1)[C@H](C)n1cccn1. The molecule has 1 saturated carbocycles. The van der Waals surface area contributed by atoms with Crippen molar-refractivity contribution in [1.29, 1.82) is 0 Å². The zero-order valence-corrected chi connectivity index (χ0v) is 11.5. The Labute approximate surface area is 109 Å². The average molecular weight is 251 g/mol. The lowest BCUT2D eigenvalue weighted by Crippen LogP contribution is -2.46. The molecule has 0 aliphatic heterocycles. The molecular weight excluding hydrogens is 226 g/mol. The number of aliphatic hydroxyl groups is 1. The summed E-state index contributed by atoms with van der Waals surface area (Å²) in [5, 5.41) is 18.2. The van der Waals surface area contributed by atoms with E-state index in [2.05, 4.69) is 24.3 Å². The third-order valence-electron chi connectivity index (χ3n) is 4.20. The van der Waals surface area contributed by atoms with E-state index in [4.69, 9.17) is 0 Å². The Morgan fingerprint density at radius 2 is 2.06 bits per heavy atom. The van der Waals surface area contributed by atoms with Gasteiger partial charge in [-0.05, 0) is 32.8 Å². The summed E-state index contributed by atoms with van der Waals surface area (Å²) in [5.41, 5.74) is -0.490. The Kier molecular flexibility index (Phi) is 4.40. The van der Waals surface area contributed by atoms with E-state index in [1.165, 1.54) is 6.42 Å². The number of hydrogen-bond donors (Lipinski definition) is 2. The van der Waals surface area contributed by atoms with Crippen LogP contribution in [0, 0.1) is 0 Å². The molecule has 1 aromatic heterocycles. The molecule has 0 spiro atoms. The second-order valence-electron chi connectivity index (χ2n) is 5.68. The maximum atomic E-state index is 10.4. The predicted molar refractivity (Wildman–Crippen MR) is 72.4 cm³/mol. The van der Waals surface area contributed by atoms with Gasteiger partial charge in [-0.3, -0.25) is 4.68 Å². The minimum absolute atomic E-state index is 0.298. The smallest absolute Gasteiger partial charge is 0.0771 e. The molecule has 18 heavy (non-hydrogen) atoms. The summed E-state index contributed by atoms with van der Waals surface area (Å²) in [4.78, 5) is 0. The molecule has 1 heterocycles. The Morgan fingerprint density at radius 1 is 1.33 bits per heavy atom. The van der Waals surface area contributed by atoms with Crippen molar-refractivity contribution in [2.45, 2.75) is 63.6 Å². The molecule has 0 aromatic carbocycles. The van der Waals surface area contributed by atoms with Crippen LogP contribution in [0.4, 0.5) is 0 Å².